The minimum Gasteiger partial charge on any atom is -0.406 e. The Bertz CT molecular complexity index is 1350. The lowest BCUT2D eigenvalue weighted by Gasteiger charge is -2.28. The third-order valence-corrected chi connectivity index (χ3v) is 5.27. The minimum atomic E-state index is -4.83. The van der Waals surface area contributed by atoms with Crippen molar-refractivity contribution < 1.29 is 17.9 Å². The van der Waals surface area contributed by atoms with Crippen molar-refractivity contribution in [2.24, 2.45) is 7.05 Å². The van der Waals surface area contributed by atoms with E-state index < -0.39 is 23.4 Å². The molecule has 1 N–H and O–H groups in total. The maximum atomic E-state index is 13.1. The molecule has 0 aliphatic carbocycles. The highest BCUT2D eigenvalue weighted by molar-refractivity contribution is 5.76. The molecule has 0 bridgehead atoms. The van der Waals surface area contributed by atoms with Gasteiger partial charge >= 0.3 is 12.1 Å². The van der Waals surface area contributed by atoms with E-state index in [2.05, 4.69) is 26.9 Å². The standard InChI is InChI=1S/C21H21F3N6O3/c1-3-4-11-29-16-17(26-19(29)28-12-9-25-10-13-28)30(20(32)27(2)18(16)31)14-5-7-15(8-6-14)33-21(22,23)24/h5-8,25H,9-13H2,1-2H3. The number of hydrogen-bond donors (Lipinski definition) is 1. The number of nitrogens with one attached hydrogen (secondary N) is 1. The largest absolute Gasteiger partial charge is 0.573 e. The zero-order valence-corrected chi connectivity index (χ0v) is 17.9. The summed E-state index contributed by atoms with van der Waals surface area (Å²) in [7, 11) is 1.34. The number of hydrogen-bond acceptors (Lipinski definition) is 6. The fraction of sp³-hybridized carbons (Fsp3) is 0.381. The van der Waals surface area contributed by atoms with Crippen LogP contribution in [-0.2, 0) is 13.6 Å². The summed E-state index contributed by atoms with van der Waals surface area (Å²) in [5.74, 6) is 5.83. The molecule has 174 valence electrons. The van der Waals surface area contributed by atoms with Gasteiger partial charge in [0.2, 0.25) is 5.95 Å². The van der Waals surface area contributed by atoms with Gasteiger partial charge in [-0.15, -0.1) is 19.1 Å². The molecule has 2 aromatic heterocycles. The number of alkyl halides is 3. The minimum absolute atomic E-state index is 0.110. The molecule has 0 spiro atoms. The Labute approximate surface area is 186 Å². The van der Waals surface area contributed by atoms with Gasteiger partial charge in [-0.1, -0.05) is 5.92 Å². The second-order valence-electron chi connectivity index (χ2n) is 7.36. The van der Waals surface area contributed by atoms with Crippen molar-refractivity contribution in [3.63, 3.8) is 0 Å². The first-order valence-electron chi connectivity index (χ1n) is 10.1. The van der Waals surface area contributed by atoms with Crippen LogP contribution >= 0.6 is 0 Å². The molecule has 9 nitrogen and oxygen atoms in total. The van der Waals surface area contributed by atoms with Crippen molar-refractivity contribution in [2.75, 3.05) is 31.1 Å². The second-order valence-corrected chi connectivity index (χ2v) is 7.36. The van der Waals surface area contributed by atoms with Gasteiger partial charge in [-0.3, -0.25) is 13.9 Å². The van der Waals surface area contributed by atoms with Crippen molar-refractivity contribution >= 4 is 17.1 Å². The van der Waals surface area contributed by atoms with Crippen LogP contribution in [0.25, 0.3) is 16.9 Å². The van der Waals surface area contributed by atoms with Gasteiger partial charge in [-0.05, 0) is 31.2 Å². The molecular weight excluding hydrogens is 441 g/mol. The molecule has 1 aliphatic heterocycles. The van der Waals surface area contributed by atoms with E-state index in [1.807, 2.05) is 4.90 Å². The van der Waals surface area contributed by atoms with Crippen molar-refractivity contribution in [3.8, 4) is 23.3 Å². The SMILES string of the molecule is CC#CCn1c(N2CCNCC2)nc2c1c(=O)n(C)c(=O)n2-c1ccc(OC(F)(F)F)cc1. The Hall–Kier alpha value is -3.72. The van der Waals surface area contributed by atoms with Gasteiger partial charge in [0.05, 0.1) is 12.2 Å². The Morgan fingerprint density at radius 3 is 2.42 bits per heavy atom. The van der Waals surface area contributed by atoms with E-state index in [-0.39, 0.29) is 23.4 Å². The first-order valence-corrected chi connectivity index (χ1v) is 10.1. The fourth-order valence-corrected chi connectivity index (χ4v) is 3.73. The van der Waals surface area contributed by atoms with Crippen LogP contribution in [-0.4, -0.2) is 51.2 Å². The van der Waals surface area contributed by atoms with Gasteiger partial charge in [-0.2, -0.15) is 4.98 Å². The van der Waals surface area contributed by atoms with Crippen LogP contribution in [0.1, 0.15) is 6.92 Å². The fourth-order valence-electron chi connectivity index (χ4n) is 3.73. The lowest BCUT2D eigenvalue weighted by Crippen LogP contribution is -2.44. The van der Waals surface area contributed by atoms with Gasteiger partial charge in [0, 0.05) is 33.2 Å². The number of rotatable bonds is 4. The van der Waals surface area contributed by atoms with E-state index >= 15 is 0 Å². The summed E-state index contributed by atoms with van der Waals surface area (Å²) < 4.78 is 45.3. The van der Waals surface area contributed by atoms with Gasteiger partial charge < -0.3 is 15.0 Å². The van der Waals surface area contributed by atoms with Crippen LogP contribution in [0.3, 0.4) is 0 Å². The predicted octanol–water partition coefficient (Wildman–Crippen LogP) is 1.22. The predicted molar refractivity (Wildman–Crippen MR) is 116 cm³/mol. The lowest BCUT2D eigenvalue weighted by atomic mass is 10.3. The van der Waals surface area contributed by atoms with E-state index in [4.69, 9.17) is 0 Å². The Balaban J connectivity index is 1.95. The van der Waals surface area contributed by atoms with Crippen LogP contribution in [0.5, 0.6) is 5.75 Å². The molecule has 33 heavy (non-hydrogen) atoms. The highest BCUT2D eigenvalue weighted by Crippen LogP contribution is 2.25. The molecule has 0 saturated carbocycles. The third kappa shape index (κ3) is 4.31. The van der Waals surface area contributed by atoms with Gasteiger partial charge in [0.25, 0.3) is 5.56 Å². The average Bonchev–Trinajstić information content (AvgIpc) is 3.16. The summed E-state index contributed by atoms with van der Waals surface area (Å²) in [4.78, 5) is 32.8. The number of aromatic nitrogens is 4. The number of nitrogens with zero attached hydrogens (tertiary/aromatic N) is 5. The summed E-state index contributed by atoms with van der Waals surface area (Å²) in [6.45, 7) is 4.64. The van der Waals surface area contributed by atoms with Crippen molar-refractivity contribution in [1.29, 1.82) is 0 Å². The third-order valence-electron chi connectivity index (χ3n) is 5.27. The molecule has 0 atom stereocenters. The van der Waals surface area contributed by atoms with Crippen LogP contribution in [0, 0.1) is 11.8 Å². The Morgan fingerprint density at radius 1 is 1.15 bits per heavy atom. The molecule has 3 heterocycles. The van der Waals surface area contributed by atoms with E-state index in [9.17, 15) is 22.8 Å². The van der Waals surface area contributed by atoms with Gasteiger partial charge in [-0.25, -0.2) is 9.36 Å². The van der Waals surface area contributed by atoms with Crippen LogP contribution in [0.2, 0.25) is 0 Å². The molecule has 1 fully saturated rings. The number of anilines is 1. The zero-order chi connectivity index (χ0) is 23.8. The first kappa shape index (κ1) is 22.5. The molecule has 1 saturated heterocycles. The number of fused-ring (bicyclic) bond motifs is 1. The molecular formula is C21H21F3N6O3. The molecule has 3 aromatic rings. The molecule has 1 aliphatic rings. The highest BCUT2D eigenvalue weighted by Gasteiger charge is 2.31. The number of halogens is 3. The monoisotopic (exact) mass is 462 g/mol. The molecule has 0 radical (unpaired) electrons. The summed E-state index contributed by atoms with van der Waals surface area (Å²) in [5.41, 5.74) is -0.665. The number of piperazine rings is 1. The molecule has 0 amide bonds. The van der Waals surface area contributed by atoms with Crippen LogP contribution in [0.4, 0.5) is 19.1 Å². The zero-order valence-electron chi connectivity index (χ0n) is 17.9. The summed E-state index contributed by atoms with van der Waals surface area (Å²) in [6.07, 6.45) is -4.83. The van der Waals surface area contributed by atoms with Crippen molar-refractivity contribution in [2.45, 2.75) is 19.8 Å². The van der Waals surface area contributed by atoms with Crippen LogP contribution < -0.4 is 26.2 Å². The van der Waals surface area contributed by atoms with E-state index in [0.29, 0.717) is 19.0 Å². The lowest BCUT2D eigenvalue weighted by molar-refractivity contribution is -0.274. The first-order chi connectivity index (χ1) is 15.7. The maximum absolute atomic E-state index is 13.1. The van der Waals surface area contributed by atoms with E-state index in [1.165, 1.54) is 23.7 Å². The quantitative estimate of drug-likeness (QED) is 0.587. The Morgan fingerprint density at radius 2 is 1.82 bits per heavy atom. The Kier molecular flexibility index (Phi) is 5.90. The number of imidazole rings is 1. The molecule has 4 rings (SSSR count). The maximum Gasteiger partial charge on any atom is 0.573 e. The summed E-state index contributed by atoms with van der Waals surface area (Å²) >= 11 is 0. The summed E-state index contributed by atoms with van der Waals surface area (Å²) in [5, 5.41) is 3.25. The second kappa shape index (κ2) is 8.67. The topological polar surface area (TPSA) is 86.3 Å². The molecule has 12 heteroatoms. The smallest absolute Gasteiger partial charge is 0.406 e. The molecule has 0 unspecified atom stereocenters. The van der Waals surface area contributed by atoms with E-state index in [0.717, 1.165) is 29.8 Å². The van der Waals surface area contributed by atoms with Crippen LogP contribution in [0.15, 0.2) is 33.9 Å². The van der Waals surface area contributed by atoms with Crippen molar-refractivity contribution in [1.82, 2.24) is 24.0 Å². The summed E-state index contributed by atoms with van der Waals surface area (Å²) in [6, 6.07) is 4.81. The highest BCUT2D eigenvalue weighted by atomic mass is 19.4. The van der Waals surface area contributed by atoms with Crippen molar-refractivity contribution in [3.05, 3.63) is 45.1 Å². The number of benzene rings is 1. The number of ether oxygens (including phenoxy) is 1. The average molecular weight is 462 g/mol. The normalized spacial score (nSPS) is 14.3. The van der Waals surface area contributed by atoms with Gasteiger partial charge in [0.15, 0.2) is 11.2 Å². The molecule has 1 aromatic carbocycles. The van der Waals surface area contributed by atoms with Gasteiger partial charge in [0.1, 0.15) is 5.75 Å². The van der Waals surface area contributed by atoms with E-state index in [1.54, 1.807) is 11.5 Å².